The highest BCUT2D eigenvalue weighted by atomic mass is 16.5. The van der Waals surface area contributed by atoms with Crippen molar-refractivity contribution in [1.29, 1.82) is 0 Å². The minimum Gasteiger partial charge on any atom is -0.491 e. The molecular formula is C22H19N5O2. The normalized spacial score (nSPS) is 18.1. The van der Waals surface area contributed by atoms with Gasteiger partial charge in [0.1, 0.15) is 22.7 Å². The van der Waals surface area contributed by atoms with Crippen LogP contribution in [-0.2, 0) is 5.54 Å². The number of benzene rings is 1. The van der Waals surface area contributed by atoms with Gasteiger partial charge in [0.15, 0.2) is 5.65 Å². The molecule has 4 heterocycles. The summed E-state index contributed by atoms with van der Waals surface area (Å²) in [4.78, 5) is 22.2. The summed E-state index contributed by atoms with van der Waals surface area (Å²) in [5, 5.41) is 7.41. The molecule has 0 aliphatic carbocycles. The second kappa shape index (κ2) is 6.70. The number of nitrogens with zero attached hydrogens (tertiary/aromatic N) is 4. The Morgan fingerprint density at radius 3 is 2.79 bits per heavy atom. The first kappa shape index (κ1) is 17.4. The van der Waals surface area contributed by atoms with Gasteiger partial charge in [0.2, 0.25) is 0 Å². The number of ether oxygens (including phenoxy) is 1. The highest BCUT2D eigenvalue weighted by molar-refractivity contribution is 5.93. The van der Waals surface area contributed by atoms with Gasteiger partial charge < -0.3 is 10.1 Å². The van der Waals surface area contributed by atoms with Gasteiger partial charge in [-0.25, -0.2) is 9.50 Å². The zero-order valence-corrected chi connectivity index (χ0v) is 15.9. The summed E-state index contributed by atoms with van der Waals surface area (Å²) in [5.74, 6) is 0.394. The number of carbonyl (C=O) groups excluding carboxylic acids is 1. The highest BCUT2D eigenvalue weighted by Crippen LogP contribution is 2.40. The number of hydrogen-bond acceptors (Lipinski definition) is 5. The molecule has 4 aromatic rings. The largest absolute Gasteiger partial charge is 0.491 e. The van der Waals surface area contributed by atoms with Crippen molar-refractivity contribution in [2.45, 2.75) is 18.9 Å². The van der Waals surface area contributed by atoms with Crippen LogP contribution in [0.15, 0.2) is 67.1 Å². The number of nitrogens with one attached hydrogen (secondary N) is 1. The molecule has 144 valence electrons. The monoisotopic (exact) mass is 385 g/mol. The molecule has 29 heavy (non-hydrogen) atoms. The van der Waals surface area contributed by atoms with E-state index in [1.165, 1.54) is 0 Å². The number of pyridine rings is 1. The highest BCUT2D eigenvalue weighted by Gasteiger charge is 2.42. The van der Waals surface area contributed by atoms with Crippen LogP contribution in [0, 0.1) is 6.92 Å². The number of fused-ring (bicyclic) bond motifs is 2. The van der Waals surface area contributed by atoms with Crippen molar-refractivity contribution >= 4 is 11.6 Å². The van der Waals surface area contributed by atoms with Crippen molar-refractivity contribution in [2.24, 2.45) is 0 Å². The van der Waals surface area contributed by atoms with Crippen molar-refractivity contribution in [2.75, 3.05) is 6.61 Å². The number of aromatic nitrogens is 4. The molecule has 0 radical (unpaired) electrons. The average molecular weight is 385 g/mol. The van der Waals surface area contributed by atoms with E-state index in [0.717, 1.165) is 11.1 Å². The molecule has 1 aliphatic rings. The summed E-state index contributed by atoms with van der Waals surface area (Å²) in [7, 11) is 0. The molecule has 0 unspecified atom stereocenters. The first-order valence-corrected chi connectivity index (χ1v) is 9.44. The van der Waals surface area contributed by atoms with Crippen LogP contribution in [0.2, 0.25) is 0 Å². The number of carbonyl (C=O) groups is 1. The van der Waals surface area contributed by atoms with Gasteiger partial charge in [0.25, 0.3) is 5.91 Å². The fourth-order valence-corrected chi connectivity index (χ4v) is 3.77. The number of amides is 1. The van der Waals surface area contributed by atoms with E-state index in [2.05, 4.69) is 20.4 Å². The van der Waals surface area contributed by atoms with Gasteiger partial charge in [0.05, 0.1) is 12.8 Å². The second-order valence-corrected chi connectivity index (χ2v) is 7.13. The standard InChI is InChI=1S/C22H19N5O2/c1-15-6-8-16(9-7-15)22(10-13-29-18-4-2-11-23-20(18)22)26-21(28)17-14-27-19(25-17)5-3-12-24-27/h2-9,11-12,14H,10,13H2,1H3,(H,26,28)/t22-/m0/s1. The third kappa shape index (κ3) is 2.91. The number of rotatable bonds is 3. The van der Waals surface area contributed by atoms with Crippen molar-refractivity contribution in [3.8, 4) is 5.75 Å². The summed E-state index contributed by atoms with van der Waals surface area (Å²) in [6, 6.07) is 15.5. The Morgan fingerprint density at radius 1 is 1.14 bits per heavy atom. The molecule has 0 saturated carbocycles. The van der Waals surface area contributed by atoms with Crippen LogP contribution < -0.4 is 10.1 Å². The van der Waals surface area contributed by atoms with Crippen LogP contribution in [0.4, 0.5) is 0 Å². The fourth-order valence-electron chi connectivity index (χ4n) is 3.77. The van der Waals surface area contributed by atoms with E-state index in [1.807, 2.05) is 49.4 Å². The Balaban J connectivity index is 1.61. The van der Waals surface area contributed by atoms with E-state index in [9.17, 15) is 4.79 Å². The summed E-state index contributed by atoms with van der Waals surface area (Å²) >= 11 is 0. The van der Waals surface area contributed by atoms with Crippen molar-refractivity contribution in [3.63, 3.8) is 0 Å². The topological polar surface area (TPSA) is 81.4 Å². The van der Waals surface area contributed by atoms with E-state index in [-0.39, 0.29) is 5.91 Å². The van der Waals surface area contributed by atoms with Crippen LogP contribution >= 0.6 is 0 Å². The first-order valence-electron chi connectivity index (χ1n) is 9.44. The summed E-state index contributed by atoms with van der Waals surface area (Å²) in [5.41, 5.74) is 2.93. The molecule has 0 bridgehead atoms. The lowest BCUT2D eigenvalue weighted by Crippen LogP contribution is -2.50. The smallest absolute Gasteiger partial charge is 0.272 e. The summed E-state index contributed by atoms with van der Waals surface area (Å²) < 4.78 is 7.40. The molecular weight excluding hydrogens is 366 g/mol. The molecule has 1 amide bonds. The van der Waals surface area contributed by atoms with Gasteiger partial charge in [0, 0.05) is 18.8 Å². The molecule has 0 fully saturated rings. The summed E-state index contributed by atoms with van der Waals surface area (Å²) in [6.07, 6.45) is 5.57. The SMILES string of the molecule is Cc1ccc([C@@]2(NC(=O)c3cn4ncccc4n3)CCOc3cccnc32)cc1. The Bertz CT molecular complexity index is 1170. The van der Waals surface area contributed by atoms with Crippen LogP contribution in [0.3, 0.4) is 0 Å². The molecule has 1 N–H and O–H groups in total. The van der Waals surface area contributed by atoms with Crippen molar-refractivity contribution in [3.05, 3.63) is 89.6 Å². The van der Waals surface area contributed by atoms with Crippen LogP contribution in [0.5, 0.6) is 5.75 Å². The average Bonchev–Trinajstić information content (AvgIpc) is 3.19. The zero-order chi connectivity index (χ0) is 19.8. The maximum absolute atomic E-state index is 13.3. The zero-order valence-electron chi connectivity index (χ0n) is 15.9. The van der Waals surface area contributed by atoms with Gasteiger partial charge in [-0.1, -0.05) is 29.8 Å². The van der Waals surface area contributed by atoms with Gasteiger partial charge in [-0.2, -0.15) is 5.10 Å². The maximum Gasteiger partial charge on any atom is 0.272 e. The lowest BCUT2D eigenvalue weighted by Gasteiger charge is -2.38. The molecule has 3 aromatic heterocycles. The first-order chi connectivity index (χ1) is 14.2. The van der Waals surface area contributed by atoms with Gasteiger partial charge >= 0.3 is 0 Å². The van der Waals surface area contributed by atoms with Crippen LogP contribution in [-0.4, -0.2) is 32.1 Å². The molecule has 1 atom stereocenters. The molecule has 7 nitrogen and oxygen atoms in total. The Morgan fingerprint density at radius 2 is 1.97 bits per heavy atom. The maximum atomic E-state index is 13.3. The number of aryl methyl sites for hydroxylation is 1. The minimum atomic E-state index is -0.803. The molecule has 5 rings (SSSR count). The van der Waals surface area contributed by atoms with Crippen molar-refractivity contribution in [1.82, 2.24) is 24.9 Å². The fraction of sp³-hybridized carbons (Fsp3) is 0.182. The Hall–Kier alpha value is -3.74. The third-order valence-electron chi connectivity index (χ3n) is 5.25. The Kier molecular flexibility index (Phi) is 4.01. The van der Waals surface area contributed by atoms with Crippen molar-refractivity contribution < 1.29 is 9.53 Å². The van der Waals surface area contributed by atoms with Crippen LogP contribution in [0.1, 0.15) is 33.7 Å². The van der Waals surface area contributed by atoms with E-state index in [1.54, 1.807) is 29.2 Å². The van der Waals surface area contributed by atoms with Gasteiger partial charge in [-0.05, 0) is 36.8 Å². The number of imidazole rings is 1. The molecule has 1 aromatic carbocycles. The minimum absolute atomic E-state index is 0.283. The van der Waals surface area contributed by atoms with E-state index >= 15 is 0 Å². The quantitative estimate of drug-likeness (QED) is 0.586. The van der Waals surface area contributed by atoms with E-state index < -0.39 is 5.54 Å². The second-order valence-electron chi connectivity index (χ2n) is 7.13. The van der Waals surface area contributed by atoms with Gasteiger partial charge in [-0.15, -0.1) is 0 Å². The van der Waals surface area contributed by atoms with Gasteiger partial charge in [-0.3, -0.25) is 9.78 Å². The molecule has 1 aliphatic heterocycles. The molecule has 7 heteroatoms. The predicted octanol–water partition coefficient (Wildman–Crippen LogP) is 2.89. The third-order valence-corrected chi connectivity index (χ3v) is 5.25. The summed E-state index contributed by atoms with van der Waals surface area (Å²) in [6.45, 7) is 2.51. The molecule has 0 spiro atoms. The number of hydrogen-bond donors (Lipinski definition) is 1. The van der Waals surface area contributed by atoms with Crippen LogP contribution in [0.25, 0.3) is 5.65 Å². The lowest BCUT2D eigenvalue weighted by molar-refractivity contribution is 0.0879. The predicted molar refractivity (Wildman–Crippen MR) is 107 cm³/mol. The molecule has 0 saturated heterocycles. The lowest BCUT2D eigenvalue weighted by atomic mass is 9.81. The van der Waals surface area contributed by atoms with E-state index in [0.29, 0.717) is 35.8 Å². The van der Waals surface area contributed by atoms with E-state index in [4.69, 9.17) is 4.74 Å². The Labute approximate surface area is 167 Å².